The molecule has 2 heterocycles. The minimum absolute atomic E-state index is 0.569. The largest absolute Gasteiger partial charge is 0.280 e. The average molecular weight is 277 g/mol. The molecule has 0 bridgehead atoms. The van der Waals surface area contributed by atoms with Crippen molar-refractivity contribution in [1.82, 2.24) is 14.5 Å². The second kappa shape index (κ2) is 4.42. The van der Waals surface area contributed by atoms with Crippen LogP contribution in [0.3, 0.4) is 0 Å². The fourth-order valence-electron chi connectivity index (χ4n) is 3.14. The molecule has 0 radical (unpaired) electrons. The van der Waals surface area contributed by atoms with Crippen LogP contribution < -0.4 is 0 Å². The summed E-state index contributed by atoms with van der Waals surface area (Å²) in [7, 11) is 0. The smallest absolute Gasteiger partial charge is 0.165 e. The van der Waals surface area contributed by atoms with Gasteiger partial charge in [0.25, 0.3) is 0 Å². The number of pyridine rings is 1. The first kappa shape index (κ1) is 12.6. The van der Waals surface area contributed by atoms with Gasteiger partial charge >= 0.3 is 0 Å². The zero-order valence-corrected chi connectivity index (χ0v) is 12.7. The van der Waals surface area contributed by atoms with Gasteiger partial charge in [0.05, 0.1) is 0 Å². The van der Waals surface area contributed by atoms with E-state index in [2.05, 4.69) is 48.7 Å². The van der Waals surface area contributed by atoms with Crippen molar-refractivity contribution in [3.8, 4) is 5.69 Å². The number of hydrogen-bond acceptors (Lipinski definition) is 2. The number of hydrogen-bond donors (Lipinski definition) is 0. The van der Waals surface area contributed by atoms with Gasteiger partial charge in [-0.15, -0.1) is 0 Å². The van der Waals surface area contributed by atoms with E-state index in [1.807, 2.05) is 13.0 Å². The number of para-hydroxylation sites is 1. The minimum Gasteiger partial charge on any atom is -0.280 e. The number of aromatic nitrogens is 3. The molecule has 3 heteroatoms. The third-order valence-electron chi connectivity index (χ3n) is 4.42. The van der Waals surface area contributed by atoms with E-state index in [4.69, 9.17) is 9.97 Å². The maximum Gasteiger partial charge on any atom is 0.165 e. The first-order valence-corrected chi connectivity index (χ1v) is 7.57. The quantitative estimate of drug-likeness (QED) is 0.704. The van der Waals surface area contributed by atoms with E-state index in [9.17, 15) is 0 Å². The molecule has 1 aliphatic carbocycles. The lowest BCUT2D eigenvalue weighted by Crippen LogP contribution is -2.01. The van der Waals surface area contributed by atoms with Gasteiger partial charge in [-0.3, -0.25) is 4.57 Å². The van der Waals surface area contributed by atoms with E-state index in [1.165, 1.54) is 17.8 Å². The van der Waals surface area contributed by atoms with Crippen molar-refractivity contribution in [3.05, 3.63) is 53.5 Å². The second-order valence-corrected chi connectivity index (χ2v) is 6.21. The Morgan fingerprint density at radius 2 is 1.81 bits per heavy atom. The monoisotopic (exact) mass is 277 g/mol. The molecule has 1 saturated carbocycles. The molecule has 2 atom stereocenters. The molecule has 2 aromatic heterocycles. The van der Waals surface area contributed by atoms with Crippen LogP contribution in [0.2, 0.25) is 0 Å². The molecule has 1 aliphatic rings. The SMILES string of the molecule is Cc1cc(C)c2nc(C3CC3C)n(-c3ccccc3)c2n1. The summed E-state index contributed by atoms with van der Waals surface area (Å²) in [4.78, 5) is 9.71. The predicted octanol–water partition coefficient (Wildman–Crippen LogP) is 4.16. The molecule has 3 aromatic rings. The molecule has 4 rings (SSSR count). The topological polar surface area (TPSA) is 30.7 Å². The van der Waals surface area contributed by atoms with E-state index in [0.29, 0.717) is 5.92 Å². The summed E-state index contributed by atoms with van der Waals surface area (Å²) in [5, 5.41) is 0. The molecular formula is C18H19N3. The Morgan fingerprint density at radius 1 is 1.10 bits per heavy atom. The van der Waals surface area contributed by atoms with Crippen LogP contribution in [-0.2, 0) is 0 Å². The Bertz CT molecular complexity index is 817. The Balaban J connectivity index is 2.05. The third kappa shape index (κ3) is 1.96. The van der Waals surface area contributed by atoms with Crippen molar-refractivity contribution in [2.45, 2.75) is 33.1 Å². The second-order valence-electron chi connectivity index (χ2n) is 6.21. The van der Waals surface area contributed by atoms with Crippen molar-refractivity contribution in [2.75, 3.05) is 0 Å². The van der Waals surface area contributed by atoms with Gasteiger partial charge in [-0.25, -0.2) is 9.97 Å². The molecule has 0 aliphatic heterocycles. The highest BCUT2D eigenvalue weighted by Crippen LogP contribution is 2.47. The van der Waals surface area contributed by atoms with Crippen LogP contribution in [0.4, 0.5) is 0 Å². The highest BCUT2D eigenvalue weighted by atomic mass is 15.1. The van der Waals surface area contributed by atoms with Gasteiger partial charge in [-0.1, -0.05) is 25.1 Å². The lowest BCUT2D eigenvalue weighted by atomic mass is 10.2. The highest BCUT2D eigenvalue weighted by Gasteiger charge is 2.38. The summed E-state index contributed by atoms with van der Waals surface area (Å²) in [5.74, 6) is 2.47. The number of aryl methyl sites for hydroxylation is 2. The van der Waals surface area contributed by atoms with E-state index in [1.54, 1.807) is 0 Å². The first-order chi connectivity index (χ1) is 10.1. The average Bonchev–Trinajstić information content (AvgIpc) is 3.06. The molecule has 3 nitrogen and oxygen atoms in total. The Morgan fingerprint density at radius 3 is 2.48 bits per heavy atom. The molecule has 21 heavy (non-hydrogen) atoms. The van der Waals surface area contributed by atoms with Crippen molar-refractivity contribution in [1.29, 1.82) is 0 Å². The number of fused-ring (bicyclic) bond motifs is 1. The molecule has 0 N–H and O–H groups in total. The predicted molar refractivity (Wildman–Crippen MR) is 84.9 cm³/mol. The van der Waals surface area contributed by atoms with Gasteiger partial charge in [0, 0.05) is 17.3 Å². The van der Waals surface area contributed by atoms with E-state index < -0.39 is 0 Å². The highest BCUT2D eigenvalue weighted by molar-refractivity contribution is 5.78. The normalized spacial score (nSPS) is 20.9. The Hall–Kier alpha value is -2.16. The molecule has 0 spiro atoms. The molecule has 0 amide bonds. The van der Waals surface area contributed by atoms with Gasteiger partial charge in [-0.05, 0) is 49.9 Å². The fourth-order valence-corrected chi connectivity index (χ4v) is 3.14. The van der Waals surface area contributed by atoms with Crippen molar-refractivity contribution < 1.29 is 0 Å². The standard InChI is InChI=1S/C18H19N3/c1-11-10-15(11)17-20-16-12(2)9-13(3)19-18(16)21(17)14-7-5-4-6-8-14/h4-9,11,15H,10H2,1-3H3. The van der Waals surface area contributed by atoms with Crippen molar-refractivity contribution in [2.24, 2.45) is 5.92 Å². The number of rotatable bonds is 2. The maximum absolute atomic E-state index is 4.94. The van der Waals surface area contributed by atoms with E-state index in [0.717, 1.165) is 28.5 Å². The fraction of sp³-hybridized carbons (Fsp3) is 0.333. The van der Waals surface area contributed by atoms with Gasteiger partial charge in [0.1, 0.15) is 11.3 Å². The zero-order chi connectivity index (χ0) is 14.6. The molecule has 0 saturated heterocycles. The van der Waals surface area contributed by atoms with Crippen LogP contribution >= 0.6 is 0 Å². The van der Waals surface area contributed by atoms with Crippen LogP contribution in [0.15, 0.2) is 36.4 Å². The Labute approximate surface area is 124 Å². The summed E-state index contributed by atoms with van der Waals surface area (Å²) in [6.07, 6.45) is 1.23. The van der Waals surface area contributed by atoms with Gasteiger partial charge in [0.2, 0.25) is 0 Å². The van der Waals surface area contributed by atoms with Gasteiger partial charge < -0.3 is 0 Å². The van der Waals surface area contributed by atoms with Gasteiger partial charge in [0.15, 0.2) is 5.65 Å². The summed E-state index contributed by atoms with van der Waals surface area (Å²) >= 11 is 0. The molecule has 106 valence electrons. The molecule has 1 aromatic carbocycles. The lowest BCUT2D eigenvalue weighted by Gasteiger charge is -2.08. The van der Waals surface area contributed by atoms with Crippen LogP contribution in [0, 0.1) is 19.8 Å². The summed E-state index contributed by atoms with van der Waals surface area (Å²) < 4.78 is 2.25. The summed E-state index contributed by atoms with van der Waals surface area (Å²) in [6.45, 7) is 6.47. The number of benzene rings is 1. The number of nitrogens with zero attached hydrogens (tertiary/aromatic N) is 3. The molecule has 2 unspecified atom stereocenters. The summed E-state index contributed by atoms with van der Waals surface area (Å²) in [5.41, 5.74) is 5.45. The van der Waals surface area contributed by atoms with Gasteiger partial charge in [-0.2, -0.15) is 0 Å². The van der Waals surface area contributed by atoms with Crippen LogP contribution in [0.25, 0.3) is 16.9 Å². The molecule has 1 fully saturated rings. The van der Waals surface area contributed by atoms with Crippen LogP contribution in [0.1, 0.15) is 36.3 Å². The minimum atomic E-state index is 0.569. The first-order valence-electron chi connectivity index (χ1n) is 7.57. The van der Waals surface area contributed by atoms with Crippen LogP contribution in [0.5, 0.6) is 0 Å². The molecular weight excluding hydrogens is 258 g/mol. The van der Waals surface area contributed by atoms with Crippen molar-refractivity contribution >= 4 is 11.2 Å². The van der Waals surface area contributed by atoms with Crippen LogP contribution in [-0.4, -0.2) is 14.5 Å². The summed E-state index contributed by atoms with van der Waals surface area (Å²) in [6, 6.07) is 12.6. The van der Waals surface area contributed by atoms with E-state index >= 15 is 0 Å². The Kier molecular flexibility index (Phi) is 2.64. The lowest BCUT2D eigenvalue weighted by molar-refractivity contribution is 0.823. The van der Waals surface area contributed by atoms with E-state index in [-0.39, 0.29) is 0 Å². The maximum atomic E-state index is 4.94. The zero-order valence-electron chi connectivity index (χ0n) is 12.7. The third-order valence-corrected chi connectivity index (χ3v) is 4.42. The number of imidazole rings is 1. The van der Waals surface area contributed by atoms with Crippen molar-refractivity contribution in [3.63, 3.8) is 0 Å².